The number of methoxy groups -OCH3 is 1. The highest BCUT2D eigenvalue weighted by Crippen LogP contribution is 2.30. The van der Waals surface area contributed by atoms with Crippen molar-refractivity contribution < 1.29 is 14.3 Å². The molecule has 1 saturated heterocycles. The molecule has 0 aromatic rings. The largest absolute Gasteiger partial charge is 0.444 e. The SMILES string of the molecule is COCC(NCC1(C)CCCN(C(=O)OC(C)(C)C)C1)C(C)C. The van der Waals surface area contributed by atoms with Gasteiger partial charge in [0.2, 0.25) is 0 Å². The van der Waals surface area contributed by atoms with Gasteiger partial charge in [-0.25, -0.2) is 4.79 Å². The van der Waals surface area contributed by atoms with Crippen LogP contribution in [-0.2, 0) is 9.47 Å². The summed E-state index contributed by atoms with van der Waals surface area (Å²) in [6.45, 7) is 15.5. The van der Waals surface area contributed by atoms with Gasteiger partial charge in [-0.05, 0) is 44.9 Å². The molecule has 1 amide bonds. The van der Waals surface area contributed by atoms with Gasteiger partial charge in [-0.3, -0.25) is 0 Å². The number of carbonyl (C=O) groups is 1. The molecule has 1 aliphatic heterocycles. The van der Waals surface area contributed by atoms with Crippen LogP contribution in [0.3, 0.4) is 0 Å². The Bertz CT molecular complexity index is 379. The lowest BCUT2D eigenvalue weighted by atomic mass is 9.81. The predicted molar refractivity (Wildman–Crippen MR) is 93.7 cm³/mol. The molecule has 5 nitrogen and oxygen atoms in total. The smallest absolute Gasteiger partial charge is 0.410 e. The van der Waals surface area contributed by atoms with E-state index in [0.717, 1.165) is 32.5 Å². The Balaban J connectivity index is 2.59. The molecule has 1 aliphatic rings. The fraction of sp³-hybridized carbons (Fsp3) is 0.944. The van der Waals surface area contributed by atoms with Gasteiger partial charge in [0.1, 0.15) is 5.60 Å². The molecule has 2 atom stereocenters. The normalized spacial score (nSPS) is 23.9. The van der Waals surface area contributed by atoms with Crippen LogP contribution < -0.4 is 5.32 Å². The Morgan fingerprint density at radius 2 is 2.00 bits per heavy atom. The van der Waals surface area contributed by atoms with Crippen LogP contribution in [0.2, 0.25) is 0 Å². The van der Waals surface area contributed by atoms with Gasteiger partial charge in [0.15, 0.2) is 0 Å². The molecule has 1 rings (SSSR count). The molecule has 1 fully saturated rings. The third kappa shape index (κ3) is 7.08. The maximum atomic E-state index is 12.3. The predicted octanol–water partition coefficient (Wildman–Crippen LogP) is 3.28. The van der Waals surface area contributed by atoms with Gasteiger partial charge >= 0.3 is 6.09 Å². The van der Waals surface area contributed by atoms with E-state index in [4.69, 9.17) is 9.47 Å². The fourth-order valence-electron chi connectivity index (χ4n) is 2.99. The lowest BCUT2D eigenvalue weighted by Gasteiger charge is -2.41. The monoisotopic (exact) mass is 328 g/mol. The lowest BCUT2D eigenvalue weighted by Crippen LogP contribution is -2.52. The Morgan fingerprint density at radius 3 is 2.52 bits per heavy atom. The zero-order chi connectivity index (χ0) is 17.7. The van der Waals surface area contributed by atoms with Gasteiger partial charge < -0.3 is 19.7 Å². The minimum Gasteiger partial charge on any atom is -0.444 e. The number of piperidine rings is 1. The Hall–Kier alpha value is -0.810. The van der Waals surface area contributed by atoms with Gasteiger partial charge in [0.05, 0.1) is 6.61 Å². The van der Waals surface area contributed by atoms with Crippen molar-refractivity contribution in [3.05, 3.63) is 0 Å². The Morgan fingerprint density at radius 1 is 1.35 bits per heavy atom. The van der Waals surface area contributed by atoms with Crippen molar-refractivity contribution >= 4 is 6.09 Å². The molecule has 0 bridgehead atoms. The van der Waals surface area contributed by atoms with Gasteiger partial charge in [-0.1, -0.05) is 20.8 Å². The van der Waals surface area contributed by atoms with E-state index in [1.807, 2.05) is 25.7 Å². The fourth-order valence-corrected chi connectivity index (χ4v) is 2.99. The van der Waals surface area contributed by atoms with Crippen LogP contribution in [-0.4, -0.2) is 56.0 Å². The molecule has 1 N–H and O–H groups in total. The van der Waals surface area contributed by atoms with E-state index < -0.39 is 5.60 Å². The highest BCUT2D eigenvalue weighted by Gasteiger charge is 2.35. The number of carbonyl (C=O) groups excluding carboxylic acids is 1. The number of nitrogens with one attached hydrogen (secondary N) is 1. The van der Waals surface area contributed by atoms with Crippen LogP contribution in [0.4, 0.5) is 4.79 Å². The molecule has 0 saturated carbocycles. The molecule has 0 spiro atoms. The summed E-state index contributed by atoms with van der Waals surface area (Å²) in [6.07, 6.45) is 1.95. The molecule has 1 heterocycles. The molecule has 136 valence electrons. The third-order valence-corrected chi connectivity index (χ3v) is 4.37. The molecule has 0 aromatic heterocycles. The summed E-state index contributed by atoms with van der Waals surface area (Å²) in [5.41, 5.74) is -0.361. The topological polar surface area (TPSA) is 50.8 Å². The van der Waals surface area contributed by atoms with Crippen molar-refractivity contribution in [2.24, 2.45) is 11.3 Å². The quantitative estimate of drug-likeness (QED) is 0.813. The number of rotatable bonds is 6. The molecule has 0 aliphatic carbocycles. The number of amides is 1. The molecular weight excluding hydrogens is 292 g/mol. The summed E-state index contributed by atoms with van der Waals surface area (Å²) in [5, 5.41) is 3.63. The second-order valence-electron chi connectivity index (χ2n) is 8.50. The van der Waals surface area contributed by atoms with E-state index in [2.05, 4.69) is 26.1 Å². The summed E-state index contributed by atoms with van der Waals surface area (Å²) in [5.74, 6) is 0.518. The molecular formula is C18H36N2O3. The van der Waals surface area contributed by atoms with Crippen LogP contribution >= 0.6 is 0 Å². The van der Waals surface area contributed by atoms with Crippen LogP contribution in [0.25, 0.3) is 0 Å². The van der Waals surface area contributed by atoms with Crippen molar-refractivity contribution in [3.8, 4) is 0 Å². The maximum absolute atomic E-state index is 12.3. The summed E-state index contributed by atoms with van der Waals surface area (Å²) >= 11 is 0. The molecule has 23 heavy (non-hydrogen) atoms. The van der Waals surface area contributed by atoms with Crippen molar-refractivity contribution in [2.45, 2.75) is 66.0 Å². The van der Waals surface area contributed by atoms with Crippen LogP contribution in [0.5, 0.6) is 0 Å². The van der Waals surface area contributed by atoms with Gasteiger partial charge in [-0.15, -0.1) is 0 Å². The van der Waals surface area contributed by atoms with E-state index in [1.165, 1.54) is 0 Å². The van der Waals surface area contributed by atoms with Crippen molar-refractivity contribution in [1.82, 2.24) is 10.2 Å². The summed E-state index contributed by atoms with van der Waals surface area (Å²) in [6, 6.07) is 0.341. The maximum Gasteiger partial charge on any atom is 0.410 e. The van der Waals surface area contributed by atoms with E-state index in [-0.39, 0.29) is 11.5 Å². The summed E-state index contributed by atoms with van der Waals surface area (Å²) < 4.78 is 10.8. The molecule has 2 unspecified atom stereocenters. The van der Waals surface area contributed by atoms with Crippen LogP contribution in [0.15, 0.2) is 0 Å². The number of hydrogen-bond donors (Lipinski definition) is 1. The van der Waals surface area contributed by atoms with Crippen molar-refractivity contribution in [2.75, 3.05) is 33.4 Å². The Kier molecular flexibility index (Phi) is 7.33. The summed E-state index contributed by atoms with van der Waals surface area (Å²) in [7, 11) is 1.74. The highest BCUT2D eigenvalue weighted by molar-refractivity contribution is 5.68. The highest BCUT2D eigenvalue weighted by atomic mass is 16.6. The number of hydrogen-bond acceptors (Lipinski definition) is 4. The second-order valence-corrected chi connectivity index (χ2v) is 8.50. The average Bonchev–Trinajstić information content (AvgIpc) is 2.41. The first-order valence-corrected chi connectivity index (χ1v) is 8.76. The standard InChI is InChI=1S/C18H36N2O3/c1-14(2)15(11-22-7)19-12-18(6)9-8-10-20(13-18)16(21)23-17(3,4)5/h14-15,19H,8-13H2,1-7H3. The average molecular weight is 328 g/mol. The zero-order valence-corrected chi connectivity index (χ0v) is 16.1. The first-order chi connectivity index (χ1) is 10.6. The van der Waals surface area contributed by atoms with Crippen LogP contribution in [0, 0.1) is 11.3 Å². The first kappa shape index (κ1) is 20.2. The van der Waals surface area contributed by atoms with Crippen molar-refractivity contribution in [3.63, 3.8) is 0 Å². The van der Waals surface area contributed by atoms with Gasteiger partial charge in [-0.2, -0.15) is 0 Å². The molecule has 0 aromatic carbocycles. The third-order valence-electron chi connectivity index (χ3n) is 4.37. The number of ether oxygens (including phenoxy) is 2. The van der Waals surface area contributed by atoms with E-state index in [1.54, 1.807) is 7.11 Å². The minimum absolute atomic E-state index is 0.0794. The molecule has 5 heteroatoms. The first-order valence-electron chi connectivity index (χ1n) is 8.76. The number of likely N-dealkylation sites (tertiary alicyclic amines) is 1. The van der Waals surface area contributed by atoms with E-state index in [9.17, 15) is 4.79 Å². The van der Waals surface area contributed by atoms with Gasteiger partial charge in [0.25, 0.3) is 0 Å². The van der Waals surface area contributed by atoms with Gasteiger partial charge in [0, 0.05) is 32.8 Å². The lowest BCUT2D eigenvalue weighted by molar-refractivity contribution is 0.00571. The van der Waals surface area contributed by atoms with Crippen LogP contribution in [0.1, 0.15) is 54.4 Å². The zero-order valence-electron chi connectivity index (χ0n) is 16.1. The second kappa shape index (κ2) is 8.34. The molecule has 0 radical (unpaired) electrons. The van der Waals surface area contributed by atoms with E-state index >= 15 is 0 Å². The minimum atomic E-state index is -0.440. The number of nitrogens with zero attached hydrogens (tertiary/aromatic N) is 1. The van der Waals surface area contributed by atoms with Crippen molar-refractivity contribution in [1.29, 1.82) is 0 Å². The Labute approximate surface area is 142 Å². The van der Waals surface area contributed by atoms with E-state index in [0.29, 0.717) is 18.6 Å². The summed E-state index contributed by atoms with van der Waals surface area (Å²) in [4.78, 5) is 14.2.